The van der Waals surface area contributed by atoms with Crippen LogP contribution in [0.5, 0.6) is 0 Å². The van der Waals surface area contributed by atoms with E-state index in [1.165, 1.54) is 0 Å². The van der Waals surface area contributed by atoms with E-state index < -0.39 is 61.1 Å². The number of nitrogens with zero attached hydrogens (tertiary/aromatic N) is 5. The quantitative estimate of drug-likeness (QED) is 0.127. The molecule has 0 saturated heterocycles. The molecule has 2 aliphatic rings. The molecule has 498 valence electrons. The van der Waals surface area contributed by atoms with Gasteiger partial charge >= 0.3 is 0 Å². The van der Waals surface area contributed by atoms with Gasteiger partial charge in [0, 0.05) is 83.3 Å². The van der Waals surface area contributed by atoms with Crippen LogP contribution in [-0.4, -0.2) is 20.4 Å². The monoisotopic (exact) mass is 1360 g/mol. The van der Waals surface area contributed by atoms with E-state index in [9.17, 15) is 13.7 Å². The molecular weight excluding hydrogens is 1280 g/mol. The maximum atomic E-state index is 10.4. The minimum Gasteiger partial charge on any atom is -0.311 e. The first-order valence-corrected chi connectivity index (χ1v) is 35.9. The Morgan fingerprint density at radius 3 is 1.26 bits per heavy atom. The predicted octanol–water partition coefficient (Wildman–Crippen LogP) is 24.7. The van der Waals surface area contributed by atoms with Gasteiger partial charge in [-0.3, -0.25) is 0 Å². The highest BCUT2D eigenvalue weighted by Crippen LogP contribution is 2.53. The predicted molar refractivity (Wildman–Crippen MR) is 449 cm³/mol. The van der Waals surface area contributed by atoms with Gasteiger partial charge in [-0.1, -0.05) is 294 Å². The highest BCUT2D eigenvalue weighted by molar-refractivity contribution is 7.00. The van der Waals surface area contributed by atoms with Gasteiger partial charge in [-0.15, -0.1) is 0 Å². The molecule has 0 unspecified atom stereocenters. The van der Waals surface area contributed by atoms with Crippen LogP contribution in [0.25, 0.3) is 138 Å². The normalized spacial score (nSPS) is 14.2. The van der Waals surface area contributed by atoms with Crippen LogP contribution in [0.1, 0.15) is 42.8 Å². The number of fused-ring (bicyclic) bond motifs is 13. The fraction of sp³-hybridized carbons (Fsp3) is 0.0400. The summed E-state index contributed by atoms with van der Waals surface area (Å²) in [5.41, 5.74) is 21.8. The SMILES string of the molecule is [2H]c1c([2H])c([2H])c2c(c1[2H])c1cc(-n3c4ccccc4c4ccccc43)ccc1n2-c1cc2c3c(c1)N(c1c(-c4ccccc4)cccc1-c1ccccc1)c1cc(-c4cccc(C(C)(C)C)c4)ccc1B3c1ccc(-n3c4c([2H])c([2H])c([2H])c([2H])c4c4c([2H])c([2H])c([2H])c([2H])c43)cc1N2c1cc(-c2ccccc2)cc(-c2ccccc2)c1. The second-order valence-corrected chi connectivity index (χ2v) is 28.7. The molecule has 2 aliphatic heterocycles. The number of benzene rings is 16. The molecule has 0 bridgehead atoms. The second-order valence-electron chi connectivity index (χ2n) is 28.7. The van der Waals surface area contributed by atoms with E-state index >= 15 is 0 Å². The van der Waals surface area contributed by atoms with Crippen molar-refractivity contribution in [2.24, 2.45) is 0 Å². The van der Waals surface area contributed by atoms with Crippen LogP contribution in [0.3, 0.4) is 0 Å². The molecule has 3 aromatic heterocycles. The Morgan fingerprint density at radius 1 is 0.264 bits per heavy atom. The number of hydrogen-bond acceptors (Lipinski definition) is 2. The van der Waals surface area contributed by atoms with Gasteiger partial charge in [-0.25, -0.2) is 0 Å². The van der Waals surface area contributed by atoms with Crippen molar-refractivity contribution in [3.05, 3.63) is 375 Å². The maximum Gasteiger partial charge on any atom is 0.252 e. The summed E-state index contributed by atoms with van der Waals surface area (Å²) in [4.78, 5) is 4.70. The Balaban J connectivity index is 0.963. The fourth-order valence-corrected chi connectivity index (χ4v) is 16.9. The molecule has 0 spiro atoms. The standard InChI is InChI=1S/C100H70BN5/c1-100(2,3)73-37-26-36-69(57-73)70-50-53-86-94(60-70)106(99-78(67-32-12-6-13-33-67)43-27-44-79(99)68-34-14-7-15-35-68)97-64-77(104-92-49-25-20-42-84(92)85-61-74(52-55-93(85)104)102-88-45-21-16-38-80(88)81-39-17-22-46-89(81)102)63-96-98(97)101(86)87-54-51-75(103-90-47-23-18-40-82(90)83-41-19-24-48-91(83)103)62-95(87)105(96)76-58-71(65-28-8-4-9-29-65)56-72(59-76)66-30-10-5-11-31-66/h4-64H,1-3H3/i18D,19D,20D,23D,24D,25D,40D,41D,42D,47D,48D,49D. The average Bonchev–Trinajstić information content (AvgIpc) is 1.59. The molecule has 0 N–H and O–H groups in total. The lowest BCUT2D eigenvalue weighted by atomic mass is 9.33. The molecule has 5 nitrogen and oxygen atoms in total. The van der Waals surface area contributed by atoms with Crippen LogP contribution in [0.15, 0.2) is 370 Å². The molecule has 21 rings (SSSR count). The van der Waals surface area contributed by atoms with E-state index in [1.54, 1.807) is 4.57 Å². The van der Waals surface area contributed by atoms with Crippen molar-refractivity contribution < 1.29 is 16.4 Å². The first kappa shape index (κ1) is 50.0. The Hall–Kier alpha value is -13.4. The van der Waals surface area contributed by atoms with E-state index in [4.69, 9.17) is 2.74 Å². The van der Waals surface area contributed by atoms with Gasteiger partial charge in [-0.2, -0.15) is 0 Å². The van der Waals surface area contributed by atoms with Gasteiger partial charge in [0.1, 0.15) is 0 Å². The van der Waals surface area contributed by atoms with Gasteiger partial charge in [0.25, 0.3) is 6.71 Å². The number of anilines is 6. The molecule has 5 heterocycles. The smallest absolute Gasteiger partial charge is 0.252 e. The number of aromatic nitrogens is 3. The summed E-state index contributed by atoms with van der Waals surface area (Å²) in [5.74, 6) is 0. The van der Waals surface area contributed by atoms with Crippen molar-refractivity contribution in [1.82, 2.24) is 13.7 Å². The molecular formula is C100H70BN5. The largest absolute Gasteiger partial charge is 0.311 e. The van der Waals surface area contributed by atoms with Crippen molar-refractivity contribution >= 4 is 123 Å². The van der Waals surface area contributed by atoms with Crippen LogP contribution in [-0.2, 0) is 5.41 Å². The number of hydrogen-bond donors (Lipinski definition) is 0. The first-order valence-electron chi connectivity index (χ1n) is 41.9. The summed E-state index contributed by atoms with van der Waals surface area (Å²) >= 11 is 0. The Bertz CT molecular complexity index is 7280. The minimum absolute atomic E-state index is 0.0250. The van der Waals surface area contributed by atoms with Crippen molar-refractivity contribution in [1.29, 1.82) is 0 Å². The average molecular weight is 1360 g/mol. The summed E-state index contributed by atoms with van der Waals surface area (Å²) < 4.78 is 122. The van der Waals surface area contributed by atoms with E-state index in [0.717, 1.165) is 122 Å². The van der Waals surface area contributed by atoms with Crippen LogP contribution < -0.4 is 26.2 Å². The van der Waals surface area contributed by atoms with Crippen molar-refractivity contribution in [3.8, 4) is 72.7 Å². The molecule has 16 aromatic carbocycles. The zero-order valence-corrected chi connectivity index (χ0v) is 58.1. The molecule has 6 heteroatoms. The summed E-state index contributed by atoms with van der Waals surface area (Å²) in [5, 5.41) is 2.94. The lowest BCUT2D eigenvalue weighted by Gasteiger charge is -2.45. The van der Waals surface area contributed by atoms with Gasteiger partial charge in [0.15, 0.2) is 0 Å². The molecule has 0 atom stereocenters. The van der Waals surface area contributed by atoms with Crippen molar-refractivity contribution in [3.63, 3.8) is 0 Å². The van der Waals surface area contributed by atoms with Crippen LogP contribution in [0.2, 0.25) is 0 Å². The molecule has 0 fully saturated rings. The third kappa shape index (κ3) is 9.64. The van der Waals surface area contributed by atoms with E-state index in [2.05, 4.69) is 241 Å². The lowest BCUT2D eigenvalue weighted by Crippen LogP contribution is -2.61. The van der Waals surface area contributed by atoms with Crippen LogP contribution in [0, 0.1) is 0 Å². The topological polar surface area (TPSA) is 21.3 Å². The summed E-state index contributed by atoms with van der Waals surface area (Å²) in [6.45, 7) is 6.02. The molecule has 106 heavy (non-hydrogen) atoms. The van der Waals surface area contributed by atoms with Gasteiger partial charge in [-0.05, 0) is 169 Å². The Labute approximate surface area is 633 Å². The molecule has 0 aliphatic carbocycles. The van der Waals surface area contributed by atoms with Gasteiger partial charge < -0.3 is 23.5 Å². The second kappa shape index (κ2) is 24.1. The number of para-hydroxylation sites is 6. The van der Waals surface area contributed by atoms with Crippen LogP contribution >= 0.6 is 0 Å². The molecule has 0 amide bonds. The molecule has 0 radical (unpaired) electrons. The van der Waals surface area contributed by atoms with Gasteiger partial charge in [0.2, 0.25) is 0 Å². The van der Waals surface area contributed by atoms with Crippen molar-refractivity contribution in [2.75, 3.05) is 9.80 Å². The summed E-state index contributed by atoms with van der Waals surface area (Å²) in [6, 6.07) is 97.9. The molecule has 19 aromatic rings. The third-order valence-corrected chi connectivity index (χ3v) is 21.7. The van der Waals surface area contributed by atoms with E-state index in [1.807, 2.05) is 95.6 Å². The zero-order chi connectivity index (χ0) is 80.7. The van der Waals surface area contributed by atoms with Gasteiger partial charge in [0.05, 0.1) is 60.9 Å². The minimum atomic E-state index is -0.646. The number of rotatable bonds is 10. The zero-order valence-electron chi connectivity index (χ0n) is 70.1. The Kier molecular flexibility index (Phi) is 11.4. The van der Waals surface area contributed by atoms with Crippen molar-refractivity contribution in [2.45, 2.75) is 26.2 Å². The van der Waals surface area contributed by atoms with E-state index in [-0.39, 0.29) is 50.9 Å². The first-order chi connectivity index (χ1) is 57.2. The summed E-state index contributed by atoms with van der Waals surface area (Å²) in [7, 11) is 0. The highest BCUT2D eigenvalue weighted by Gasteiger charge is 2.45. The summed E-state index contributed by atoms with van der Waals surface area (Å²) in [6.07, 6.45) is 0. The fourth-order valence-electron chi connectivity index (χ4n) is 16.9. The highest BCUT2D eigenvalue weighted by atomic mass is 15.2. The Morgan fingerprint density at radius 2 is 0.689 bits per heavy atom. The molecule has 0 saturated carbocycles. The van der Waals surface area contributed by atoms with E-state index in [0.29, 0.717) is 44.7 Å². The third-order valence-electron chi connectivity index (χ3n) is 21.7. The lowest BCUT2D eigenvalue weighted by molar-refractivity contribution is 0.590. The van der Waals surface area contributed by atoms with Crippen LogP contribution in [0.4, 0.5) is 34.1 Å². The maximum absolute atomic E-state index is 10.4.